The van der Waals surface area contributed by atoms with Gasteiger partial charge in [0.15, 0.2) is 0 Å². The second-order valence-electron chi connectivity index (χ2n) is 7.92. The number of rotatable bonds is 6. The third-order valence-electron chi connectivity index (χ3n) is 5.72. The molecule has 0 spiro atoms. The molecular formula is C21H25F2N5O2. The van der Waals surface area contributed by atoms with Crippen molar-refractivity contribution in [2.75, 3.05) is 18.0 Å². The summed E-state index contributed by atoms with van der Waals surface area (Å²) < 4.78 is 29.1. The summed E-state index contributed by atoms with van der Waals surface area (Å²) in [4.78, 5) is 26.0. The lowest BCUT2D eigenvalue weighted by molar-refractivity contribution is -0.126. The molecule has 1 fully saturated rings. The van der Waals surface area contributed by atoms with Crippen molar-refractivity contribution in [3.8, 4) is 0 Å². The molecule has 160 valence electrons. The second-order valence-corrected chi connectivity index (χ2v) is 7.92. The van der Waals surface area contributed by atoms with E-state index < -0.39 is 17.6 Å². The van der Waals surface area contributed by atoms with Crippen molar-refractivity contribution in [1.82, 2.24) is 20.1 Å². The number of hydrogen-bond acceptors (Lipinski definition) is 4. The van der Waals surface area contributed by atoms with Crippen LogP contribution in [0.3, 0.4) is 0 Å². The van der Waals surface area contributed by atoms with Gasteiger partial charge in [-0.15, -0.1) is 10.2 Å². The average molecular weight is 417 g/mol. The topological polar surface area (TPSA) is 80.1 Å². The van der Waals surface area contributed by atoms with Gasteiger partial charge in [0.1, 0.15) is 23.3 Å². The Bertz CT molecular complexity index is 925. The van der Waals surface area contributed by atoms with Crippen molar-refractivity contribution in [2.45, 2.75) is 51.5 Å². The van der Waals surface area contributed by atoms with Gasteiger partial charge in [0, 0.05) is 50.7 Å². The Morgan fingerprint density at radius 1 is 1.13 bits per heavy atom. The van der Waals surface area contributed by atoms with Crippen LogP contribution in [-0.4, -0.2) is 39.7 Å². The summed E-state index contributed by atoms with van der Waals surface area (Å²) in [6.45, 7) is 1.54. The van der Waals surface area contributed by atoms with Crippen LogP contribution < -0.4 is 10.2 Å². The van der Waals surface area contributed by atoms with Crippen LogP contribution in [0.25, 0.3) is 0 Å². The quantitative estimate of drug-likeness (QED) is 0.732. The molecule has 1 N–H and O–H groups in total. The van der Waals surface area contributed by atoms with E-state index in [1.165, 1.54) is 11.3 Å². The lowest BCUT2D eigenvalue weighted by Crippen LogP contribution is -2.33. The van der Waals surface area contributed by atoms with Crippen LogP contribution in [-0.2, 0) is 29.0 Å². The molecule has 1 aromatic heterocycles. The summed E-state index contributed by atoms with van der Waals surface area (Å²) in [5, 5.41) is 11.4. The van der Waals surface area contributed by atoms with Crippen LogP contribution in [0, 0.1) is 17.6 Å². The third-order valence-corrected chi connectivity index (χ3v) is 5.72. The number of benzene rings is 1. The van der Waals surface area contributed by atoms with E-state index >= 15 is 0 Å². The van der Waals surface area contributed by atoms with E-state index in [4.69, 9.17) is 0 Å². The monoisotopic (exact) mass is 417 g/mol. The summed E-state index contributed by atoms with van der Waals surface area (Å²) in [6.07, 6.45) is 5.93. The summed E-state index contributed by atoms with van der Waals surface area (Å²) >= 11 is 0. The first-order valence-electron chi connectivity index (χ1n) is 10.5. The largest absolute Gasteiger partial charge is 0.356 e. The lowest BCUT2D eigenvalue weighted by Gasteiger charge is -2.17. The Morgan fingerprint density at radius 2 is 1.93 bits per heavy atom. The molecule has 9 heteroatoms. The Morgan fingerprint density at radius 3 is 2.73 bits per heavy atom. The first-order chi connectivity index (χ1) is 14.5. The second kappa shape index (κ2) is 8.89. The van der Waals surface area contributed by atoms with Crippen LogP contribution in [0.5, 0.6) is 0 Å². The number of aromatic nitrogens is 3. The van der Waals surface area contributed by atoms with Gasteiger partial charge in [-0.1, -0.05) is 6.42 Å². The van der Waals surface area contributed by atoms with Gasteiger partial charge in [0.2, 0.25) is 11.8 Å². The van der Waals surface area contributed by atoms with Gasteiger partial charge in [-0.05, 0) is 31.4 Å². The van der Waals surface area contributed by atoms with Crippen LogP contribution in [0.2, 0.25) is 0 Å². The van der Waals surface area contributed by atoms with Crippen molar-refractivity contribution in [3.63, 3.8) is 0 Å². The molecule has 4 rings (SSSR count). The molecule has 1 saturated heterocycles. The third kappa shape index (κ3) is 4.49. The molecule has 0 aliphatic carbocycles. The maximum atomic E-state index is 13.4. The molecule has 1 atom stereocenters. The van der Waals surface area contributed by atoms with Gasteiger partial charge in [-0.3, -0.25) is 9.59 Å². The van der Waals surface area contributed by atoms with E-state index in [9.17, 15) is 18.4 Å². The Balaban J connectivity index is 1.27. The molecular weight excluding hydrogens is 392 g/mol. The number of hydrogen-bond donors (Lipinski definition) is 1. The Hall–Kier alpha value is -2.84. The zero-order valence-electron chi connectivity index (χ0n) is 16.7. The highest BCUT2D eigenvalue weighted by Gasteiger charge is 2.35. The minimum Gasteiger partial charge on any atom is -0.356 e. The Labute approximate surface area is 173 Å². The average Bonchev–Trinajstić information content (AvgIpc) is 3.19. The Kier molecular flexibility index (Phi) is 6.06. The van der Waals surface area contributed by atoms with Gasteiger partial charge < -0.3 is 14.8 Å². The minimum absolute atomic E-state index is 0.0294. The van der Waals surface area contributed by atoms with Crippen molar-refractivity contribution < 1.29 is 18.4 Å². The number of anilines is 1. The van der Waals surface area contributed by atoms with E-state index in [-0.39, 0.29) is 30.5 Å². The van der Waals surface area contributed by atoms with E-state index in [0.717, 1.165) is 68.5 Å². The summed E-state index contributed by atoms with van der Waals surface area (Å²) in [5.74, 6) is -0.571. The molecule has 0 radical (unpaired) electrons. The maximum absolute atomic E-state index is 13.4. The van der Waals surface area contributed by atoms with E-state index in [1.807, 2.05) is 0 Å². The van der Waals surface area contributed by atoms with Crippen molar-refractivity contribution in [1.29, 1.82) is 0 Å². The van der Waals surface area contributed by atoms with Gasteiger partial charge in [0.25, 0.3) is 0 Å². The lowest BCUT2D eigenvalue weighted by atomic mass is 10.1. The van der Waals surface area contributed by atoms with Gasteiger partial charge >= 0.3 is 0 Å². The molecule has 30 heavy (non-hydrogen) atoms. The smallest absolute Gasteiger partial charge is 0.227 e. The number of carbonyl (C=O) groups is 2. The fraction of sp³-hybridized carbons (Fsp3) is 0.524. The SMILES string of the molecule is O=C(NCCCc1nnc2n1CCCCC2)C1CC(=O)N(c2cc(F)cc(F)c2)C1. The first-order valence-corrected chi connectivity index (χ1v) is 10.5. The van der Waals surface area contributed by atoms with E-state index in [1.54, 1.807) is 0 Å². The molecule has 2 aliphatic heterocycles. The molecule has 3 heterocycles. The van der Waals surface area contributed by atoms with Gasteiger partial charge in [0.05, 0.1) is 5.92 Å². The van der Waals surface area contributed by atoms with E-state index in [2.05, 4.69) is 20.1 Å². The number of nitrogens with one attached hydrogen (secondary N) is 1. The fourth-order valence-electron chi connectivity index (χ4n) is 4.16. The van der Waals surface area contributed by atoms with Crippen LogP contribution in [0.4, 0.5) is 14.5 Å². The van der Waals surface area contributed by atoms with Crippen LogP contribution >= 0.6 is 0 Å². The number of fused-ring (bicyclic) bond motifs is 1. The molecule has 0 saturated carbocycles. The van der Waals surface area contributed by atoms with E-state index in [0.29, 0.717) is 6.54 Å². The van der Waals surface area contributed by atoms with Crippen molar-refractivity contribution in [3.05, 3.63) is 41.5 Å². The summed E-state index contributed by atoms with van der Waals surface area (Å²) in [6, 6.07) is 2.95. The first kappa shape index (κ1) is 20.4. The highest BCUT2D eigenvalue weighted by Crippen LogP contribution is 2.26. The predicted octanol–water partition coefficient (Wildman–Crippen LogP) is 2.38. The van der Waals surface area contributed by atoms with Crippen molar-refractivity contribution >= 4 is 17.5 Å². The minimum atomic E-state index is -0.753. The number of amides is 2. The molecule has 0 bridgehead atoms. The molecule has 2 aliphatic rings. The standard InChI is InChI=1S/C21H25F2N5O2/c22-15-10-16(23)12-17(11-15)28-13-14(9-20(28)29)21(30)24-7-4-6-19-26-25-18-5-2-1-3-8-27(18)19/h10-12,14H,1-9,13H2,(H,24,30). The summed E-state index contributed by atoms with van der Waals surface area (Å²) in [7, 11) is 0. The number of aryl methyl sites for hydroxylation is 2. The fourth-order valence-corrected chi connectivity index (χ4v) is 4.16. The highest BCUT2D eigenvalue weighted by atomic mass is 19.1. The normalized spacial score (nSPS) is 18.9. The van der Waals surface area contributed by atoms with Crippen LogP contribution in [0.1, 0.15) is 43.8 Å². The maximum Gasteiger partial charge on any atom is 0.227 e. The number of nitrogens with zero attached hydrogens (tertiary/aromatic N) is 4. The van der Waals surface area contributed by atoms with Crippen molar-refractivity contribution in [2.24, 2.45) is 5.92 Å². The molecule has 2 aromatic rings. The molecule has 1 aromatic carbocycles. The molecule has 7 nitrogen and oxygen atoms in total. The molecule has 1 unspecified atom stereocenters. The predicted molar refractivity (Wildman–Crippen MR) is 106 cm³/mol. The number of carbonyl (C=O) groups excluding carboxylic acids is 2. The highest BCUT2D eigenvalue weighted by molar-refractivity contribution is 6.00. The zero-order chi connectivity index (χ0) is 21.1. The molecule has 2 amide bonds. The number of halogens is 2. The summed E-state index contributed by atoms with van der Waals surface area (Å²) in [5.41, 5.74) is 0.139. The zero-order valence-corrected chi connectivity index (χ0v) is 16.7. The van der Waals surface area contributed by atoms with Gasteiger partial charge in [-0.25, -0.2) is 8.78 Å². The van der Waals surface area contributed by atoms with Crippen LogP contribution in [0.15, 0.2) is 18.2 Å². The van der Waals surface area contributed by atoms with Gasteiger partial charge in [-0.2, -0.15) is 0 Å².